The van der Waals surface area contributed by atoms with E-state index >= 15 is 0 Å². The Hall–Kier alpha value is -5.08. The molecule has 0 radical (unpaired) electrons. The average molecular weight is 749 g/mol. The smallest absolute Gasteiger partial charge is 0.0494 e. The highest BCUT2D eigenvalue weighted by molar-refractivity contribution is 6.09. The van der Waals surface area contributed by atoms with Crippen LogP contribution in [-0.4, -0.2) is 9.13 Å². The molecular weight excluding hydrogens is 677 g/mol. The van der Waals surface area contributed by atoms with Crippen molar-refractivity contribution in [3.63, 3.8) is 0 Å². The monoisotopic (exact) mass is 749 g/mol. The molecule has 0 unspecified atom stereocenters. The molecule has 0 bridgehead atoms. The van der Waals surface area contributed by atoms with Crippen molar-refractivity contribution in [2.24, 2.45) is 0 Å². The second-order valence-electron chi connectivity index (χ2n) is 11.9. The molecule has 8 aromatic rings. The molecule has 6 aromatic carbocycles. The summed E-state index contributed by atoms with van der Waals surface area (Å²) in [4.78, 5) is 0. The van der Waals surface area contributed by atoms with E-state index in [1.165, 1.54) is 77.0 Å². The first-order chi connectivity index (χ1) is 27.7. The topological polar surface area (TPSA) is 9.86 Å². The van der Waals surface area contributed by atoms with Crippen molar-refractivity contribution < 1.29 is 0 Å². The molecule has 2 heterocycles. The highest BCUT2D eigenvalue weighted by atomic mass is 15.0. The minimum absolute atomic E-state index is 0.892. The van der Waals surface area contributed by atoms with Gasteiger partial charge in [-0.15, -0.1) is 0 Å². The first-order valence-electron chi connectivity index (χ1n) is 21.9. The van der Waals surface area contributed by atoms with Crippen LogP contribution in [0.3, 0.4) is 0 Å². The molecule has 1 aliphatic carbocycles. The van der Waals surface area contributed by atoms with Crippen LogP contribution in [0.25, 0.3) is 54.7 Å². The normalized spacial score (nSPS) is 10.1. The number of para-hydroxylation sites is 3. The fourth-order valence-corrected chi connectivity index (χ4v) is 7.29. The number of aromatic nitrogens is 2. The Balaban J connectivity index is 0.000000323. The number of nitrogens with zero attached hydrogens (tertiary/aromatic N) is 2. The number of aryl methyl sites for hydroxylation is 2. The van der Waals surface area contributed by atoms with Gasteiger partial charge in [0.15, 0.2) is 0 Å². The summed E-state index contributed by atoms with van der Waals surface area (Å²) < 4.78 is 4.84. The minimum Gasteiger partial charge on any atom is -0.341 e. The zero-order valence-corrected chi connectivity index (χ0v) is 37.4. The molecule has 0 atom stereocenters. The summed E-state index contributed by atoms with van der Waals surface area (Å²) in [5.41, 5.74) is 13.8. The van der Waals surface area contributed by atoms with Crippen molar-refractivity contribution in [1.82, 2.24) is 9.13 Å². The van der Waals surface area contributed by atoms with Gasteiger partial charge in [0.1, 0.15) is 0 Å². The van der Waals surface area contributed by atoms with Gasteiger partial charge in [-0.25, -0.2) is 0 Å². The molecule has 2 heteroatoms. The molecule has 0 saturated heterocycles. The Morgan fingerprint density at radius 3 is 1.34 bits per heavy atom. The SMILES string of the molecule is CC.CC.CC.CC.CC.CC.CCc1ccc2c(c1)c1ccccc1n2CC.c1ccc2c(c1)Cc1ccc(Cn3c4ccccc4c4ccccc43)cc1-2. The predicted molar refractivity (Wildman–Crippen MR) is 256 cm³/mol. The molecule has 0 saturated carbocycles. The molecule has 1 aliphatic rings. The highest BCUT2D eigenvalue weighted by Gasteiger charge is 2.18. The van der Waals surface area contributed by atoms with Crippen LogP contribution in [0.2, 0.25) is 0 Å². The van der Waals surface area contributed by atoms with Crippen LogP contribution in [0.4, 0.5) is 0 Å². The third kappa shape index (κ3) is 10.2. The third-order valence-electron chi connectivity index (χ3n) is 9.44. The number of rotatable bonds is 4. The third-order valence-corrected chi connectivity index (χ3v) is 9.44. The summed E-state index contributed by atoms with van der Waals surface area (Å²) in [6.07, 6.45) is 2.16. The van der Waals surface area contributed by atoms with Gasteiger partial charge < -0.3 is 9.13 Å². The average Bonchev–Trinajstić information content (AvgIpc) is 3.95. The van der Waals surface area contributed by atoms with Gasteiger partial charge in [0.05, 0.1) is 0 Å². The van der Waals surface area contributed by atoms with Crippen LogP contribution >= 0.6 is 0 Å². The molecule has 2 aromatic heterocycles. The van der Waals surface area contributed by atoms with E-state index in [0.717, 1.165) is 25.9 Å². The second-order valence-corrected chi connectivity index (χ2v) is 11.9. The van der Waals surface area contributed by atoms with Crippen LogP contribution < -0.4 is 0 Å². The van der Waals surface area contributed by atoms with Gasteiger partial charge in [0, 0.05) is 56.7 Å². The van der Waals surface area contributed by atoms with E-state index in [2.05, 4.69) is 156 Å². The van der Waals surface area contributed by atoms with Crippen LogP contribution in [0.5, 0.6) is 0 Å². The molecule has 9 rings (SSSR count). The Morgan fingerprint density at radius 1 is 0.375 bits per heavy atom. The van der Waals surface area contributed by atoms with Crippen LogP contribution in [0, 0.1) is 0 Å². The van der Waals surface area contributed by atoms with E-state index in [1.807, 2.05) is 83.1 Å². The summed E-state index contributed by atoms with van der Waals surface area (Å²) >= 11 is 0. The van der Waals surface area contributed by atoms with Crippen molar-refractivity contribution in [1.29, 1.82) is 0 Å². The standard InChI is InChI=1S/C26H19N.C16H17N.6C2H6/c1-2-8-21-19(7-1)16-20-14-13-18(15-24(20)21)17-27-25-11-5-3-9-22(25)23-10-4-6-12-26(23)27;1-3-12-9-10-16-14(11-12)13-7-5-6-8-15(13)17(16)4-2;6*1-2/h1-15H,16-17H2;5-11H,3-4H2,1-2H3;6*1-2H3. The van der Waals surface area contributed by atoms with E-state index in [1.54, 1.807) is 0 Å². The van der Waals surface area contributed by atoms with Crippen molar-refractivity contribution in [2.75, 3.05) is 0 Å². The van der Waals surface area contributed by atoms with Gasteiger partial charge in [-0.1, -0.05) is 187 Å². The van der Waals surface area contributed by atoms with E-state index < -0.39 is 0 Å². The lowest BCUT2D eigenvalue weighted by atomic mass is 10.0. The number of fused-ring (bicyclic) bond motifs is 9. The van der Waals surface area contributed by atoms with Gasteiger partial charge >= 0.3 is 0 Å². The van der Waals surface area contributed by atoms with Gasteiger partial charge in [-0.2, -0.15) is 0 Å². The molecular formula is C54H72N2. The highest BCUT2D eigenvalue weighted by Crippen LogP contribution is 2.38. The number of hydrogen-bond acceptors (Lipinski definition) is 0. The summed E-state index contributed by atoms with van der Waals surface area (Å²) in [6, 6.07) is 48.8. The number of hydrogen-bond donors (Lipinski definition) is 0. The Kier molecular flexibility index (Phi) is 21.1. The lowest BCUT2D eigenvalue weighted by molar-refractivity contribution is 0.827. The first-order valence-corrected chi connectivity index (χ1v) is 21.9. The zero-order valence-electron chi connectivity index (χ0n) is 37.4. The van der Waals surface area contributed by atoms with Crippen LogP contribution in [0.1, 0.15) is 119 Å². The van der Waals surface area contributed by atoms with Gasteiger partial charge in [0.25, 0.3) is 0 Å². The van der Waals surface area contributed by atoms with Gasteiger partial charge in [0.2, 0.25) is 0 Å². The Morgan fingerprint density at radius 2 is 0.804 bits per heavy atom. The maximum atomic E-state index is 2.45. The Labute approximate surface area is 341 Å². The zero-order chi connectivity index (χ0) is 41.6. The minimum atomic E-state index is 0.892. The van der Waals surface area contributed by atoms with Gasteiger partial charge in [-0.3, -0.25) is 0 Å². The summed E-state index contributed by atoms with van der Waals surface area (Å²) in [5, 5.41) is 5.43. The molecule has 0 spiro atoms. The van der Waals surface area contributed by atoms with Crippen molar-refractivity contribution in [2.45, 2.75) is 123 Å². The Bertz CT molecular complexity index is 2260. The van der Waals surface area contributed by atoms with Crippen molar-refractivity contribution in [3.8, 4) is 11.1 Å². The van der Waals surface area contributed by atoms with Crippen molar-refractivity contribution >= 4 is 43.6 Å². The second kappa shape index (κ2) is 25.2. The summed E-state index contributed by atoms with van der Waals surface area (Å²) in [5.74, 6) is 0. The van der Waals surface area contributed by atoms with Gasteiger partial charge in [-0.05, 0) is 89.5 Å². The summed E-state index contributed by atoms with van der Waals surface area (Å²) in [7, 11) is 0. The molecule has 0 N–H and O–H groups in total. The largest absolute Gasteiger partial charge is 0.341 e. The van der Waals surface area contributed by atoms with E-state index in [9.17, 15) is 0 Å². The molecule has 0 amide bonds. The quantitative estimate of drug-likeness (QED) is 0.170. The lowest BCUT2D eigenvalue weighted by Gasteiger charge is -2.10. The van der Waals surface area contributed by atoms with Crippen LogP contribution in [0.15, 0.2) is 133 Å². The first kappa shape index (κ1) is 47.1. The molecule has 298 valence electrons. The molecule has 0 aliphatic heterocycles. The van der Waals surface area contributed by atoms with E-state index in [0.29, 0.717) is 0 Å². The maximum absolute atomic E-state index is 2.45. The summed E-state index contributed by atoms with van der Waals surface area (Å²) in [6.45, 7) is 30.3. The lowest BCUT2D eigenvalue weighted by Crippen LogP contribution is -1.99. The fraction of sp³-hybridized carbons (Fsp3) is 0.333. The fourth-order valence-electron chi connectivity index (χ4n) is 7.29. The van der Waals surface area contributed by atoms with Crippen molar-refractivity contribution in [3.05, 3.63) is 156 Å². The number of benzene rings is 6. The van der Waals surface area contributed by atoms with E-state index in [4.69, 9.17) is 0 Å². The maximum Gasteiger partial charge on any atom is 0.0494 e. The predicted octanol–water partition coefficient (Wildman–Crippen LogP) is 16.9. The molecule has 2 nitrogen and oxygen atoms in total. The molecule has 56 heavy (non-hydrogen) atoms. The van der Waals surface area contributed by atoms with E-state index in [-0.39, 0.29) is 0 Å². The van der Waals surface area contributed by atoms with Crippen LogP contribution in [-0.2, 0) is 25.9 Å². The molecule has 0 fully saturated rings.